The van der Waals surface area contributed by atoms with Crippen molar-refractivity contribution in [2.24, 2.45) is 5.92 Å². The van der Waals surface area contributed by atoms with Crippen LogP contribution in [0.2, 0.25) is 0 Å². The fourth-order valence-electron chi connectivity index (χ4n) is 3.92. The zero-order valence-corrected chi connectivity index (χ0v) is 17.5. The van der Waals surface area contributed by atoms with Gasteiger partial charge >= 0.3 is 12.1 Å². The fraction of sp³-hybridized carbons (Fsp3) is 0.304. The summed E-state index contributed by atoms with van der Waals surface area (Å²) in [6, 6.07) is 5.54. The average molecular weight is 451 g/mol. The third kappa shape index (κ3) is 3.94. The van der Waals surface area contributed by atoms with Crippen molar-refractivity contribution in [2.75, 3.05) is 0 Å². The second kappa shape index (κ2) is 8.29. The lowest BCUT2D eigenvalue weighted by Crippen LogP contribution is -2.21. The number of phenols is 1. The Hall–Kier alpha value is -3.36. The highest BCUT2D eigenvalue weighted by atomic mass is 19.4. The third-order valence-corrected chi connectivity index (χ3v) is 5.77. The van der Waals surface area contributed by atoms with Gasteiger partial charge in [0.05, 0.1) is 17.0 Å². The Balaban J connectivity index is 2.28. The van der Waals surface area contributed by atoms with Gasteiger partial charge in [-0.3, -0.25) is 14.2 Å². The Morgan fingerprint density at radius 2 is 1.72 bits per heavy atom. The monoisotopic (exact) mass is 451 g/mol. The maximum absolute atomic E-state index is 14.2. The van der Waals surface area contributed by atoms with Crippen molar-refractivity contribution in [3.8, 4) is 5.75 Å². The maximum Gasteiger partial charge on any atom is 0.416 e. The van der Waals surface area contributed by atoms with E-state index in [-0.39, 0.29) is 33.6 Å². The molecule has 32 heavy (non-hydrogen) atoms. The van der Waals surface area contributed by atoms with E-state index >= 15 is 0 Å². The molecular formula is C23H21F4NO4. The van der Waals surface area contributed by atoms with Gasteiger partial charge in [0.1, 0.15) is 0 Å². The molecule has 0 spiro atoms. The number of carboxylic acid groups (broad SMARTS) is 1. The van der Waals surface area contributed by atoms with Gasteiger partial charge in [0.2, 0.25) is 0 Å². The summed E-state index contributed by atoms with van der Waals surface area (Å²) in [7, 11) is 0. The average Bonchev–Trinajstić information content (AvgIpc) is 2.98. The van der Waals surface area contributed by atoms with Gasteiger partial charge in [0.15, 0.2) is 11.6 Å². The molecule has 3 aromatic rings. The number of aromatic nitrogens is 1. The first-order chi connectivity index (χ1) is 14.9. The molecule has 0 aliphatic heterocycles. The van der Waals surface area contributed by atoms with Crippen molar-refractivity contribution in [2.45, 2.75) is 39.3 Å². The lowest BCUT2D eigenvalue weighted by molar-refractivity contribution is -0.140. The molecule has 2 atom stereocenters. The Kier molecular flexibility index (Phi) is 6.04. The highest BCUT2D eigenvalue weighted by molar-refractivity contribution is 6.05. The molecule has 0 radical (unpaired) electrons. The molecule has 9 heteroatoms. The first-order valence-corrected chi connectivity index (χ1v) is 9.86. The number of aliphatic carboxylic acids is 1. The number of fused-ring (bicyclic) bond motifs is 1. The van der Waals surface area contributed by atoms with Crippen LogP contribution < -0.4 is 0 Å². The van der Waals surface area contributed by atoms with Crippen molar-refractivity contribution in [1.29, 1.82) is 0 Å². The second-order valence-electron chi connectivity index (χ2n) is 7.74. The van der Waals surface area contributed by atoms with Crippen LogP contribution in [-0.2, 0) is 11.0 Å². The van der Waals surface area contributed by atoms with E-state index in [0.29, 0.717) is 6.42 Å². The summed E-state index contributed by atoms with van der Waals surface area (Å²) in [5.74, 6) is -5.00. The van der Waals surface area contributed by atoms with E-state index in [2.05, 4.69) is 0 Å². The molecule has 0 aliphatic carbocycles. The second-order valence-corrected chi connectivity index (χ2v) is 7.74. The molecule has 170 valence electrons. The number of carbonyl (C=O) groups excluding carboxylic acids is 1. The van der Waals surface area contributed by atoms with Crippen LogP contribution in [-0.4, -0.2) is 26.7 Å². The molecule has 0 aliphatic rings. The van der Waals surface area contributed by atoms with E-state index in [1.165, 1.54) is 6.92 Å². The summed E-state index contributed by atoms with van der Waals surface area (Å²) >= 11 is 0. The predicted molar refractivity (Wildman–Crippen MR) is 109 cm³/mol. The lowest BCUT2D eigenvalue weighted by Gasteiger charge is -2.20. The molecule has 0 amide bonds. The fourth-order valence-corrected chi connectivity index (χ4v) is 3.92. The molecule has 0 fully saturated rings. The zero-order valence-electron chi connectivity index (χ0n) is 17.5. The van der Waals surface area contributed by atoms with Crippen LogP contribution in [0.15, 0.2) is 36.4 Å². The molecular weight excluding hydrogens is 430 g/mol. The normalized spacial score (nSPS) is 13.8. The van der Waals surface area contributed by atoms with Crippen LogP contribution in [0.1, 0.15) is 53.4 Å². The number of alkyl halides is 3. The number of hydrogen-bond donors (Lipinski definition) is 2. The van der Waals surface area contributed by atoms with Crippen molar-refractivity contribution < 1.29 is 37.4 Å². The standard InChI is InChI=1S/C23H21F4NO4/c1-4-11(2)19(22(31)32)20-12(3)28(17-10-16(24)18(29)9-15(17)20)21(30)13-5-7-14(8-6-13)23(25,26)27/h5-11,19,29H,4H2,1-3H3,(H,31,32). The van der Waals surface area contributed by atoms with Crippen LogP contribution >= 0.6 is 0 Å². The minimum absolute atomic E-state index is 0.0206. The predicted octanol–water partition coefficient (Wildman–Crippen LogP) is 5.72. The first kappa shape index (κ1) is 23.3. The van der Waals surface area contributed by atoms with Crippen LogP contribution in [0.5, 0.6) is 5.75 Å². The number of halogens is 4. The number of carbonyl (C=O) groups is 2. The van der Waals surface area contributed by atoms with Gasteiger partial charge in [-0.2, -0.15) is 13.2 Å². The van der Waals surface area contributed by atoms with Crippen molar-refractivity contribution >= 4 is 22.8 Å². The quantitative estimate of drug-likeness (QED) is 0.487. The number of nitrogens with zero attached hydrogens (tertiary/aromatic N) is 1. The molecule has 1 heterocycles. The smallest absolute Gasteiger partial charge is 0.416 e. The van der Waals surface area contributed by atoms with Crippen LogP contribution in [0.3, 0.4) is 0 Å². The maximum atomic E-state index is 14.2. The molecule has 0 saturated heterocycles. The van der Waals surface area contributed by atoms with Crippen molar-refractivity contribution in [3.05, 3.63) is 64.6 Å². The van der Waals surface area contributed by atoms with Gasteiger partial charge in [0.25, 0.3) is 5.91 Å². The molecule has 5 nitrogen and oxygen atoms in total. The van der Waals surface area contributed by atoms with Gasteiger partial charge in [-0.25, -0.2) is 4.39 Å². The molecule has 1 aromatic heterocycles. The SMILES string of the molecule is CCC(C)C(C(=O)O)c1c(C)n(C(=O)c2ccc(C(F)(F)F)cc2)c2cc(F)c(O)cc12. The van der Waals surface area contributed by atoms with Crippen LogP contribution in [0, 0.1) is 18.7 Å². The number of hydrogen-bond acceptors (Lipinski definition) is 3. The van der Waals surface area contributed by atoms with Crippen LogP contribution in [0.25, 0.3) is 10.9 Å². The summed E-state index contributed by atoms with van der Waals surface area (Å²) < 4.78 is 53.9. The topological polar surface area (TPSA) is 79.5 Å². The van der Waals surface area contributed by atoms with Gasteiger partial charge in [-0.05, 0) is 48.7 Å². The van der Waals surface area contributed by atoms with Gasteiger partial charge in [-0.1, -0.05) is 20.3 Å². The Labute approximate surface area is 180 Å². The Morgan fingerprint density at radius 3 is 2.22 bits per heavy atom. The van der Waals surface area contributed by atoms with E-state index in [1.54, 1.807) is 13.8 Å². The molecule has 3 rings (SSSR count). The minimum atomic E-state index is -4.57. The third-order valence-electron chi connectivity index (χ3n) is 5.77. The summed E-state index contributed by atoms with van der Waals surface area (Å²) in [4.78, 5) is 25.3. The number of phenolic OH excluding ortho intramolecular Hbond substituents is 1. The Morgan fingerprint density at radius 1 is 1.12 bits per heavy atom. The first-order valence-electron chi connectivity index (χ1n) is 9.86. The van der Waals surface area contributed by atoms with Gasteiger partial charge in [0, 0.05) is 22.7 Å². The van der Waals surface area contributed by atoms with Crippen molar-refractivity contribution in [1.82, 2.24) is 4.57 Å². The number of rotatable bonds is 5. The zero-order chi connectivity index (χ0) is 24.0. The van der Waals surface area contributed by atoms with Gasteiger partial charge < -0.3 is 10.2 Å². The summed E-state index contributed by atoms with van der Waals surface area (Å²) in [6.45, 7) is 5.02. The molecule has 2 N–H and O–H groups in total. The lowest BCUT2D eigenvalue weighted by atomic mass is 9.84. The Bertz CT molecular complexity index is 1200. The molecule has 2 unspecified atom stereocenters. The molecule has 2 aromatic carbocycles. The number of aromatic hydroxyl groups is 1. The highest BCUT2D eigenvalue weighted by Crippen LogP contribution is 2.39. The van der Waals surface area contributed by atoms with E-state index in [1.807, 2.05) is 0 Å². The largest absolute Gasteiger partial charge is 0.505 e. The van der Waals surface area contributed by atoms with Crippen LogP contribution in [0.4, 0.5) is 17.6 Å². The van der Waals surface area contributed by atoms with Crippen molar-refractivity contribution in [3.63, 3.8) is 0 Å². The molecule has 0 saturated carbocycles. The highest BCUT2D eigenvalue weighted by Gasteiger charge is 2.34. The van der Waals surface area contributed by atoms with E-state index < -0.39 is 41.1 Å². The minimum Gasteiger partial charge on any atom is -0.505 e. The number of carboxylic acids is 1. The van der Waals surface area contributed by atoms with Gasteiger partial charge in [-0.15, -0.1) is 0 Å². The molecule has 0 bridgehead atoms. The van der Waals surface area contributed by atoms with E-state index in [0.717, 1.165) is 41.0 Å². The number of benzene rings is 2. The summed E-state index contributed by atoms with van der Waals surface area (Å²) in [5, 5.41) is 20.0. The van der Waals surface area contributed by atoms with E-state index in [4.69, 9.17) is 0 Å². The van der Waals surface area contributed by atoms with E-state index in [9.17, 15) is 37.4 Å². The summed E-state index contributed by atoms with van der Waals surface area (Å²) in [6.07, 6.45) is -4.07. The summed E-state index contributed by atoms with van der Waals surface area (Å²) in [5.41, 5.74) is -0.539.